The number of piperidine rings is 2. The molecule has 4 saturated heterocycles. The van der Waals surface area contributed by atoms with Crippen LogP contribution in [-0.4, -0.2) is 83.3 Å². The molecule has 0 aromatic heterocycles. The number of sulfonamides is 1. The Morgan fingerprint density at radius 3 is 2.31 bits per heavy atom. The molecule has 1 N–H and O–H groups in total. The predicted octanol–water partition coefficient (Wildman–Crippen LogP) is 3.15. The van der Waals surface area contributed by atoms with E-state index >= 15 is 0 Å². The van der Waals surface area contributed by atoms with Crippen molar-refractivity contribution in [1.29, 1.82) is 0 Å². The Kier molecular flexibility index (Phi) is 7.33. The number of fused-ring (bicyclic) bond motifs is 3. The summed E-state index contributed by atoms with van der Waals surface area (Å²) in [6.07, 6.45) is 4.55. The zero-order chi connectivity index (χ0) is 25.8. The van der Waals surface area contributed by atoms with Gasteiger partial charge in [-0.05, 0) is 69.1 Å². The lowest BCUT2D eigenvalue weighted by Gasteiger charge is -2.41. The molecule has 4 aliphatic rings. The summed E-state index contributed by atoms with van der Waals surface area (Å²) in [4.78, 5) is 31.1. The molecule has 2 bridgehead atoms. The highest BCUT2D eigenvalue weighted by atomic mass is 35.5. The van der Waals surface area contributed by atoms with E-state index in [4.69, 9.17) is 23.2 Å². The lowest BCUT2D eigenvalue weighted by molar-refractivity contribution is -0.148. The molecule has 2 amide bonds. The van der Waals surface area contributed by atoms with Gasteiger partial charge < -0.3 is 14.9 Å². The quantitative estimate of drug-likeness (QED) is 0.613. The van der Waals surface area contributed by atoms with Gasteiger partial charge in [0.2, 0.25) is 21.8 Å². The van der Waals surface area contributed by atoms with E-state index < -0.39 is 34.1 Å². The van der Waals surface area contributed by atoms with Crippen molar-refractivity contribution in [1.82, 2.24) is 14.1 Å². The zero-order valence-corrected chi connectivity index (χ0v) is 22.7. The van der Waals surface area contributed by atoms with Crippen molar-refractivity contribution < 1.29 is 23.1 Å². The monoisotopic (exact) mass is 557 g/mol. The van der Waals surface area contributed by atoms with Gasteiger partial charge in [-0.1, -0.05) is 30.1 Å². The largest absolute Gasteiger partial charge is 0.396 e. The molecule has 4 heterocycles. The van der Waals surface area contributed by atoms with Crippen molar-refractivity contribution in [3.8, 4) is 0 Å². The van der Waals surface area contributed by atoms with Crippen LogP contribution in [0, 0.1) is 11.8 Å². The average molecular weight is 559 g/mol. The number of benzene rings is 1. The molecular formula is C25H33Cl2N3O5S. The molecule has 2 unspecified atom stereocenters. The number of carbonyl (C=O) groups excluding carboxylic acids is 2. The van der Waals surface area contributed by atoms with E-state index in [2.05, 4.69) is 6.92 Å². The number of rotatable bonds is 4. The highest BCUT2D eigenvalue weighted by Gasteiger charge is 2.57. The van der Waals surface area contributed by atoms with Crippen LogP contribution in [0.5, 0.6) is 0 Å². The minimum Gasteiger partial charge on any atom is -0.396 e. The van der Waals surface area contributed by atoms with E-state index in [1.54, 1.807) is 4.90 Å². The van der Waals surface area contributed by atoms with Crippen molar-refractivity contribution in [2.45, 2.75) is 80.9 Å². The number of aliphatic hydroxyl groups is 1. The summed E-state index contributed by atoms with van der Waals surface area (Å²) in [7, 11) is -4.15. The van der Waals surface area contributed by atoms with Crippen LogP contribution in [0.25, 0.3) is 0 Å². The number of hydrogen-bond acceptors (Lipinski definition) is 5. The maximum Gasteiger partial charge on any atom is 0.245 e. The van der Waals surface area contributed by atoms with Crippen LogP contribution in [0.2, 0.25) is 10.0 Å². The molecule has 4 aliphatic heterocycles. The third-order valence-electron chi connectivity index (χ3n) is 8.57. The van der Waals surface area contributed by atoms with E-state index in [-0.39, 0.29) is 39.4 Å². The zero-order valence-electron chi connectivity index (χ0n) is 20.4. The second-order valence-electron chi connectivity index (χ2n) is 10.7. The van der Waals surface area contributed by atoms with Gasteiger partial charge >= 0.3 is 0 Å². The summed E-state index contributed by atoms with van der Waals surface area (Å²) in [5, 5.41) is 10.9. The fraction of sp³-hybridized carbons (Fsp3) is 0.680. The molecule has 1 aromatic carbocycles. The van der Waals surface area contributed by atoms with E-state index in [9.17, 15) is 23.1 Å². The Hall–Kier alpha value is -1.39. The molecule has 0 saturated carbocycles. The molecule has 0 radical (unpaired) electrons. The summed E-state index contributed by atoms with van der Waals surface area (Å²) in [6.45, 7) is 3.26. The van der Waals surface area contributed by atoms with E-state index in [1.807, 2.05) is 4.90 Å². The summed E-state index contributed by atoms with van der Waals surface area (Å²) < 4.78 is 29.2. The number of halogens is 2. The predicted molar refractivity (Wildman–Crippen MR) is 136 cm³/mol. The normalized spacial score (nSPS) is 31.9. The molecular weight excluding hydrogens is 525 g/mol. The number of hydrogen-bond donors (Lipinski definition) is 1. The van der Waals surface area contributed by atoms with Crippen LogP contribution < -0.4 is 0 Å². The number of nitrogens with zero attached hydrogens (tertiary/aromatic N) is 3. The maximum absolute atomic E-state index is 14.1. The first-order valence-electron chi connectivity index (χ1n) is 12.8. The molecule has 36 heavy (non-hydrogen) atoms. The number of likely N-dealkylation sites (tertiary alicyclic amines) is 1. The van der Waals surface area contributed by atoms with Crippen molar-refractivity contribution in [3.63, 3.8) is 0 Å². The number of aliphatic hydroxyl groups excluding tert-OH is 1. The minimum absolute atomic E-state index is 0.0538. The highest BCUT2D eigenvalue weighted by molar-refractivity contribution is 7.89. The number of carbonyl (C=O) groups is 2. The van der Waals surface area contributed by atoms with Gasteiger partial charge in [0.1, 0.15) is 12.1 Å². The molecule has 4 fully saturated rings. The first-order chi connectivity index (χ1) is 17.1. The first-order valence-corrected chi connectivity index (χ1v) is 15.0. The van der Waals surface area contributed by atoms with Crippen molar-refractivity contribution in [3.05, 3.63) is 28.2 Å². The Labute approximate surface area is 222 Å². The summed E-state index contributed by atoms with van der Waals surface area (Å²) in [6, 6.07) is 1.66. The van der Waals surface area contributed by atoms with Crippen LogP contribution >= 0.6 is 23.2 Å². The maximum atomic E-state index is 14.1. The lowest BCUT2D eigenvalue weighted by atomic mass is 9.86. The summed E-state index contributed by atoms with van der Waals surface area (Å²) in [5.41, 5.74) is 0. The van der Waals surface area contributed by atoms with E-state index in [0.717, 1.165) is 12.8 Å². The summed E-state index contributed by atoms with van der Waals surface area (Å²) >= 11 is 12.2. The van der Waals surface area contributed by atoms with Gasteiger partial charge in [-0.2, -0.15) is 4.31 Å². The first kappa shape index (κ1) is 26.2. The van der Waals surface area contributed by atoms with Gasteiger partial charge in [0.05, 0.1) is 4.90 Å². The van der Waals surface area contributed by atoms with Gasteiger partial charge in [-0.15, -0.1) is 0 Å². The molecule has 0 spiro atoms. The average Bonchev–Trinajstić information content (AvgIpc) is 3.26. The second-order valence-corrected chi connectivity index (χ2v) is 13.4. The fourth-order valence-electron chi connectivity index (χ4n) is 6.72. The smallest absolute Gasteiger partial charge is 0.245 e. The van der Waals surface area contributed by atoms with Gasteiger partial charge in [0, 0.05) is 47.7 Å². The van der Waals surface area contributed by atoms with E-state index in [1.165, 1.54) is 22.5 Å². The van der Waals surface area contributed by atoms with Crippen molar-refractivity contribution in [2.75, 3.05) is 19.7 Å². The fourth-order valence-corrected chi connectivity index (χ4v) is 9.31. The molecule has 5 rings (SSSR count). The third-order valence-corrected chi connectivity index (χ3v) is 10.9. The molecule has 5 atom stereocenters. The topological polar surface area (TPSA) is 98.2 Å². The van der Waals surface area contributed by atoms with Crippen LogP contribution in [0.1, 0.15) is 51.9 Å². The van der Waals surface area contributed by atoms with Gasteiger partial charge in [-0.25, -0.2) is 8.42 Å². The number of amides is 2. The second kappa shape index (κ2) is 10.1. The van der Waals surface area contributed by atoms with Gasteiger partial charge in [0.15, 0.2) is 0 Å². The lowest BCUT2D eigenvalue weighted by Crippen LogP contribution is -2.57. The summed E-state index contributed by atoms with van der Waals surface area (Å²) in [5.74, 6) is -0.301. The Balaban J connectivity index is 1.52. The van der Waals surface area contributed by atoms with Crippen LogP contribution in [0.4, 0.5) is 0 Å². The standard InChI is InChI=1S/C25H33Cl2N3O5S/c1-15-7-9-28(10-8-15)24(32)22-6-5-20-19(14-31)21-3-2-4-23(25(33)29(20)22)30(21)36(34,35)18-12-16(26)11-17(27)13-18/h11-13,15,19-23,31H,2-10,14H2,1H3/t19-,20?,21-,22-,23?/m0/s1. The van der Waals surface area contributed by atoms with Crippen LogP contribution in [-0.2, 0) is 19.6 Å². The van der Waals surface area contributed by atoms with Crippen LogP contribution in [0.15, 0.2) is 23.1 Å². The Morgan fingerprint density at radius 2 is 1.67 bits per heavy atom. The molecule has 0 aliphatic carbocycles. The molecule has 8 nitrogen and oxygen atoms in total. The van der Waals surface area contributed by atoms with E-state index in [0.29, 0.717) is 51.1 Å². The highest BCUT2D eigenvalue weighted by Crippen LogP contribution is 2.44. The Morgan fingerprint density at radius 1 is 1.00 bits per heavy atom. The van der Waals surface area contributed by atoms with Crippen molar-refractivity contribution in [2.24, 2.45) is 11.8 Å². The van der Waals surface area contributed by atoms with Crippen molar-refractivity contribution >= 4 is 45.0 Å². The molecule has 198 valence electrons. The minimum atomic E-state index is -4.15. The third kappa shape index (κ3) is 4.45. The molecule has 1 aromatic rings. The van der Waals surface area contributed by atoms with Crippen LogP contribution in [0.3, 0.4) is 0 Å². The Bertz CT molecular complexity index is 1120. The van der Waals surface area contributed by atoms with Gasteiger partial charge in [0.25, 0.3) is 0 Å². The molecule has 11 heteroatoms. The SMILES string of the molecule is CC1CCN(C(=O)[C@@H]2CCC3[C@H](CO)[C@@H]4CCCC(C(=O)N32)N4S(=O)(=O)c2cc(Cl)cc(Cl)c2)CC1. The van der Waals surface area contributed by atoms with Gasteiger partial charge in [-0.3, -0.25) is 9.59 Å².